The standard InChI is InChI=1S/C17H15N3O3/c1-21-14-5-3-12(11-15(14)22-2)4-6-16-19-17(20-23-16)13-7-9-18-10-8-13/h3-11H,1-2H3/b6-4+. The molecular formula is C17H15N3O3. The van der Waals surface area contributed by atoms with Crippen LogP contribution < -0.4 is 9.47 Å². The molecule has 0 unspecified atom stereocenters. The topological polar surface area (TPSA) is 70.3 Å². The highest BCUT2D eigenvalue weighted by atomic mass is 16.5. The van der Waals surface area contributed by atoms with Crippen molar-refractivity contribution in [2.45, 2.75) is 0 Å². The summed E-state index contributed by atoms with van der Waals surface area (Å²) in [5.74, 6) is 2.30. The molecule has 6 nitrogen and oxygen atoms in total. The molecule has 0 aliphatic rings. The second kappa shape index (κ2) is 6.74. The van der Waals surface area contributed by atoms with E-state index in [9.17, 15) is 0 Å². The van der Waals surface area contributed by atoms with E-state index < -0.39 is 0 Å². The molecule has 0 saturated carbocycles. The molecule has 6 heteroatoms. The van der Waals surface area contributed by atoms with E-state index in [0.29, 0.717) is 23.2 Å². The van der Waals surface area contributed by atoms with E-state index in [4.69, 9.17) is 14.0 Å². The Bertz CT molecular complexity index is 813. The molecule has 23 heavy (non-hydrogen) atoms. The Balaban J connectivity index is 1.80. The maximum absolute atomic E-state index is 5.27. The van der Waals surface area contributed by atoms with Gasteiger partial charge in [-0.2, -0.15) is 4.98 Å². The van der Waals surface area contributed by atoms with Crippen LogP contribution in [0.5, 0.6) is 11.5 Å². The van der Waals surface area contributed by atoms with Crippen molar-refractivity contribution in [3.63, 3.8) is 0 Å². The second-order valence-corrected chi connectivity index (χ2v) is 4.64. The molecule has 0 bridgehead atoms. The van der Waals surface area contributed by atoms with Crippen molar-refractivity contribution in [3.05, 3.63) is 54.2 Å². The second-order valence-electron chi connectivity index (χ2n) is 4.64. The lowest BCUT2D eigenvalue weighted by molar-refractivity contribution is 0.355. The number of hydrogen-bond donors (Lipinski definition) is 0. The van der Waals surface area contributed by atoms with Gasteiger partial charge in [0.15, 0.2) is 11.5 Å². The van der Waals surface area contributed by atoms with Crippen LogP contribution in [-0.2, 0) is 0 Å². The van der Waals surface area contributed by atoms with Crippen LogP contribution in [0.15, 0.2) is 47.2 Å². The summed E-state index contributed by atoms with van der Waals surface area (Å²) in [5, 5.41) is 3.95. The number of methoxy groups -OCH3 is 2. The van der Waals surface area contributed by atoms with E-state index in [0.717, 1.165) is 11.1 Å². The summed E-state index contributed by atoms with van der Waals surface area (Å²) in [6, 6.07) is 9.28. The SMILES string of the molecule is COc1ccc(/C=C/c2nc(-c3ccncc3)no2)cc1OC. The first-order valence-electron chi connectivity index (χ1n) is 6.94. The van der Waals surface area contributed by atoms with Crippen molar-refractivity contribution < 1.29 is 14.0 Å². The molecule has 0 fully saturated rings. The first-order chi connectivity index (χ1) is 11.3. The summed E-state index contributed by atoms with van der Waals surface area (Å²) in [5.41, 5.74) is 1.79. The van der Waals surface area contributed by atoms with Crippen molar-refractivity contribution in [1.82, 2.24) is 15.1 Å². The van der Waals surface area contributed by atoms with Crippen LogP contribution in [0.25, 0.3) is 23.5 Å². The third kappa shape index (κ3) is 3.37. The summed E-state index contributed by atoms with van der Waals surface area (Å²) >= 11 is 0. The Labute approximate surface area is 133 Å². The minimum Gasteiger partial charge on any atom is -0.493 e. The van der Waals surface area contributed by atoms with E-state index in [1.165, 1.54) is 0 Å². The highest BCUT2D eigenvalue weighted by Gasteiger charge is 2.06. The number of ether oxygens (including phenoxy) is 2. The van der Waals surface area contributed by atoms with Crippen molar-refractivity contribution >= 4 is 12.2 Å². The summed E-state index contributed by atoms with van der Waals surface area (Å²) < 4.78 is 15.7. The van der Waals surface area contributed by atoms with Gasteiger partial charge >= 0.3 is 0 Å². The fourth-order valence-electron chi connectivity index (χ4n) is 2.05. The smallest absolute Gasteiger partial charge is 0.250 e. The van der Waals surface area contributed by atoms with E-state index in [2.05, 4.69) is 15.1 Å². The molecule has 0 radical (unpaired) electrons. The van der Waals surface area contributed by atoms with E-state index in [1.807, 2.05) is 36.4 Å². The normalized spacial score (nSPS) is 10.9. The maximum atomic E-state index is 5.27. The Morgan fingerprint density at radius 2 is 1.74 bits per heavy atom. The molecule has 0 aliphatic carbocycles. The summed E-state index contributed by atoms with van der Waals surface area (Å²) in [4.78, 5) is 8.29. The molecule has 0 atom stereocenters. The molecule has 3 aromatic rings. The van der Waals surface area contributed by atoms with Gasteiger partial charge in [0.05, 0.1) is 14.2 Å². The van der Waals surface area contributed by atoms with E-state index in [1.54, 1.807) is 32.7 Å². The highest BCUT2D eigenvalue weighted by molar-refractivity contribution is 5.68. The molecule has 0 saturated heterocycles. The molecule has 3 rings (SSSR count). The fraction of sp³-hybridized carbons (Fsp3) is 0.118. The van der Waals surface area contributed by atoms with Gasteiger partial charge in [-0.25, -0.2) is 0 Å². The van der Waals surface area contributed by atoms with Crippen LogP contribution >= 0.6 is 0 Å². The van der Waals surface area contributed by atoms with Crippen LogP contribution in [0.3, 0.4) is 0 Å². The molecule has 2 aromatic heterocycles. The maximum Gasteiger partial charge on any atom is 0.250 e. The zero-order valence-corrected chi connectivity index (χ0v) is 12.8. The predicted octanol–water partition coefficient (Wildman–Crippen LogP) is 3.32. The highest BCUT2D eigenvalue weighted by Crippen LogP contribution is 2.28. The van der Waals surface area contributed by atoms with Gasteiger partial charge in [-0.05, 0) is 35.9 Å². The van der Waals surface area contributed by atoms with Gasteiger partial charge < -0.3 is 14.0 Å². The number of aromatic nitrogens is 3. The number of nitrogens with zero attached hydrogens (tertiary/aromatic N) is 3. The number of pyridine rings is 1. The van der Waals surface area contributed by atoms with E-state index in [-0.39, 0.29) is 0 Å². The van der Waals surface area contributed by atoms with Crippen LogP contribution in [0.1, 0.15) is 11.5 Å². The molecule has 0 N–H and O–H groups in total. The van der Waals surface area contributed by atoms with Gasteiger partial charge in [-0.15, -0.1) is 0 Å². The largest absolute Gasteiger partial charge is 0.493 e. The zero-order chi connectivity index (χ0) is 16.1. The van der Waals surface area contributed by atoms with Crippen LogP contribution in [-0.4, -0.2) is 29.3 Å². The fourth-order valence-corrected chi connectivity index (χ4v) is 2.05. The Hall–Kier alpha value is -3.15. The van der Waals surface area contributed by atoms with Crippen molar-refractivity contribution in [3.8, 4) is 22.9 Å². The molecule has 1 aromatic carbocycles. The van der Waals surface area contributed by atoms with Crippen molar-refractivity contribution in [2.75, 3.05) is 14.2 Å². The summed E-state index contributed by atoms with van der Waals surface area (Å²) in [6.45, 7) is 0. The molecule has 116 valence electrons. The van der Waals surface area contributed by atoms with Gasteiger partial charge in [-0.3, -0.25) is 4.98 Å². The number of rotatable bonds is 5. The van der Waals surface area contributed by atoms with Gasteiger partial charge in [0.1, 0.15) is 0 Å². The lowest BCUT2D eigenvalue weighted by Gasteiger charge is -2.07. The number of hydrogen-bond acceptors (Lipinski definition) is 6. The Morgan fingerprint density at radius 3 is 2.48 bits per heavy atom. The van der Waals surface area contributed by atoms with E-state index >= 15 is 0 Å². The van der Waals surface area contributed by atoms with Gasteiger partial charge in [0.2, 0.25) is 5.82 Å². The zero-order valence-electron chi connectivity index (χ0n) is 12.8. The monoisotopic (exact) mass is 309 g/mol. The molecular weight excluding hydrogens is 294 g/mol. The lowest BCUT2D eigenvalue weighted by atomic mass is 10.2. The number of benzene rings is 1. The molecule has 0 aliphatic heterocycles. The van der Waals surface area contributed by atoms with Crippen LogP contribution in [0.2, 0.25) is 0 Å². The van der Waals surface area contributed by atoms with Crippen LogP contribution in [0.4, 0.5) is 0 Å². The lowest BCUT2D eigenvalue weighted by Crippen LogP contribution is -1.90. The third-order valence-corrected chi connectivity index (χ3v) is 3.21. The van der Waals surface area contributed by atoms with Crippen LogP contribution in [0, 0.1) is 0 Å². The average Bonchev–Trinajstić information content (AvgIpc) is 3.09. The predicted molar refractivity (Wildman–Crippen MR) is 86.0 cm³/mol. The van der Waals surface area contributed by atoms with Gasteiger partial charge in [0, 0.05) is 24.0 Å². The molecule has 0 amide bonds. The quantitative estimate of drug-likeness (QED) is 0.720. The average molecular weight is 309 g/mol. The minimum atomic E-state index is 0.423. The minimum absolute atomic E-state index is 0.423. The van der Waals surface area contributed by atoms with Gasteiger partial charge in [-0.1, -0.05) is 11.2 Å². The first-order valence-corrected chi connectivity index (χ1v) is 6.94. The molecule has 2 heterocycles. The summed E-state index contributed by atoms with van der Waals surface area (Å²) in [7, 11) is 3.21. The molecule has 0 spiro atoms. The Morgan fingerprint density at radius 1 is 0.957 bits per heavy atom. The van der Waals surface area contributed by atoms with Crippen molar-refractivity contribution in [1.29, 1.82) is 0 Å². The third-order valence-electron chi connectivity index (χ3n) is 3.21. The first kappa shape index (κ1) is 14.8. The Kier molecular flexibility index (Phi) is 4.33. The summed E-state index contributed by atoms with van der Waals surface area (Å²) in [6.07, 6.45) is 6.99. The van der Waals surface area contributed by atoms with Gasteiger partial charge in [0.25, 0.3) is 5.89 Å². The van der Waals surface area contributed by atoms with Crippen molar-refractivity contribution in [2.24, 2.45) is 0 Å².